The van der Waals surface area contributed by atoms with Crippen molar-refractivity contribution in [3.63, 3.8) is 0 Å². The Bertz CT molecular complexity index is 1150. The van der Waals surface area contributed by atoms with Crippen LogP contribution in [-0.2, 0) is 25.8 Å². The molecule has 7 heteroatoms. The molecule has 0 saturated heterocycles. The fraction of sp³-hybridized carbons (Fsp3) is 0.348. The molecular weight excluding hydrogens is 404 g/mol. The van der Waals surface area contributed by atoms with Gasteiger partial charge in [-0.05, 0) is 62.9 Å². The summed E-state index contributed by atoms with van der Waals surface area (Å²) in [5.74, 6) is -0.558. The molecule has 0 aliphatic carbocycles. The normalized spacial score (nSPS) is 18.4. The van der Waals surface area contributed by atoms with E-state index in [2.05, 4.69) is 0 Å². The van der Waals surface area contributed by atoms with Crippen LogP contribution >= 0.6 is 0 Å². The number of hydrogen-bond donors (Lipinski definition) is 1. The average molecular weight is 429 g/mol. The van der Waals surface area contributed by atoms with Gasteiger partial charge in [0, 0.05) is 11.1 Å². The van der Waals surface area contributed by atoms with E-state index >= 15 is 0 Å². The van der Waals surface area contributed by atoms with Gasteiger partial charge in [-0.2, -0.15) is 0 Å². The quantitative estimate of drug-likeness (QED) is 0.796. The van der Waals surface area contributed by atoms with Gasteiger partial charge in [-0.25, -0.2) is 13.2 Å². The molecular formula is C23H24O6S. The second-order valence-corrected chi connectivity index (χ2v) is 10.3. The first-order valence-electron chi connectivity index (χ1n) is 9.85. The number of sulfone groups is 1. The van der Waals surface area contributed by atoms with Crippen LogP contribution in [0.25, 0.3) is 5.57 Å². The van der Waals surface area contributed by atoms with E-state index in [-0.39, 0.29) is 9.80 Å². The van der Waals surface area contributed by atoms with Crippen molar-refractivity contribution in [2.75, 3.05) is 6.61 Å². The second kappa shape index (κ2) is 7.25. The van der Waals surface area contributed by atoms with Crippen LogP contribution in [0, 0.1) is 0 Å². The van der Waals surface area contributed by atoms with Gasteiger partial charge < -0.3 is 14.6 Å². The van der Waals surface area contributed by atoms with E-state index < -0.39 is 27.5 Å². The highest BCUT2D eigenvalue weighted by atomic mass is 32.2. The molecule has 2 aromatic carbocycles. The summed E-state index contributed by atoms with van der Waals surface area (Å²) in [7, 11) is -4.04. The highest BCUT2D eigenvalue weighted by Gasteiger charge is 2.45. The molecule has 0 aromatic heterocycles. The summed E-state index contributed by atoms with van der Waals surface area (Å²) < 4.78 is 38.4. The van der Waals surface area contributed by atoms with E-state index in [4.69, 9.17) is 9.47 Å². The Morgan fingerprint density at radius 3 is 2.60 bits per heavy atom. The Morgan fingerprint density at radius 1 is 1.17 bits per heavy atom. The molecule has 2 aliphatic rings. The maximum Gasteiger partial charge on any atom is 0.338 e. The predicted octanol–water partition coefficient (Wildman–Crippen LogP) is 3.83. The number of carboxylic acids is 1. The number of aliphatic carboxylic acids is 1. The lowest BCUT2D eigenvalue weighted by molar-refractivity contribution is -0.155. The molecule has 1 N–H and O–H groups in total. The van der Waals surface area contributed by atoms with Crippen LogP contribution in [0.4, 0.5) is 0 Å². The molecule has 0 saturated carbocycles. The lowest BCUT2D eigenvalue weighted by atomic mass is 9.93. The minimum Gasteiger partial charge on any atom is -0.493 e. The maximum atomic E-state index is 13.5. The summed E-state index contributed by atoms with van der Waals surface area (Å²) in [4.78, 5) is 12.1. The summed E-state index contributed by atoms with van der Waals surface area (Å²) in [5, 5.41) is 9.92. The molecule has 2 aliphatic heterocycles. The molecule has 0 spiro atoms. The van der Waals surface area contributed by atoms with Crippen molar-refractivity contribution in [1.29, 1.82) is 0 Å². The summed E-state index contributed by atoms with van der Waals surface area (Å²) in [6.45, 7) is 5.76. The zero-order valence-electron chi connectivity index (χ0n) is 17.1. The fourth-order valence-corrected chi connectivity index (χ4v) is 5.83. The van der Waals surface area contributed by atoms with Crippen molar-refractivity contribution in [1.82, 2.24) is 0 Å². The summed E-state index contributed by atoms with van der Waals surface area (Å²) in [5.41, 5.74) is 1.65. The van der Waals surface area contributed by atoms with Crippen molar-refractivity contribution >= 4 is 21.4 Å². The number of carboxylic acid groups (broad SMARTS) is 1. The number of ether oxygens (including phenoxy) is 2. The molecule has 1 atom stereocenters. The summed E-state index contributed by atoms with van der Waals surface area (Å²) in [6, 6.07) is 12.1. The fourth-order valence-electron chi connectivity index (χ4n) is 3.95. The van der Waals surface area contributed by atoms with Crippen molar-refractivity contribution in [3.05, 3.63) is 64.1 Å². The first kappa shape index (κ1) is 20.6. The third-order valence-electron chi connectivity index (χ3n) is 5.11. The van der Waals surface area contributed by atoms with E-state index in [1.165, 1.54) is 6.07 Å². The van der Waals surface area contributed by atoms with Crippen LogP contribution in [0.3, 0.4) is 0 Å². The number of benzene rings is 2. The largest absolute Gasteiger partial charge is 0.493 e. The molecule has 158 valence electrons. The molecule has 0 bridgehead atoms. The molecule has 0 fully saturated rings. The molecule has 1 unspecified atom stereocenters. The Morgan fingerprint density at radius 2 is 1.90 bits per heavy atom. The summed E-state index contributed by atoms with van der Waals surface area (Å²) >= 11 is 0. The van der Waals surface area contributed by atoms with E-state index in [9.17, 15) is 18.3 Å². The number of aryl methyl sites for hydroxylation is 1. The maximum absolute atomic E-state index is 13.5. The third-order valence-corrected chi connectivity index (χ3v) is 7.05. The number of hydrogen-bond acceptors (Lipinski definition) is 5. The van der Waals surface area contributed by atoms with Gasteiger partial charge in [-0.1, -0.05) is 24.3 Å². The highest BCUT2D eigenvalue weighted by molar-refractivity contribution is 7.96. The number of rotatable bonds is 4. The van der Waals surface area contributed by atoms with Crippen LogP contribution in [0.1, 0.15) is 43.9 Å². The standard InChI is InChI=1S/C23H24O6S/c1-23(2,3)29-20(22(24)25)21-19(16-8-4-5-9-18(16)30(21,26)27)15-10-11-17-14(13-15)7-6-12-28-17/h4-5,8-11,13,20H,6-7,12H2,1-3H3,(H,24,25). The first-order valence-corrected chi connectivity index (χ1v) is 11.3. The van der Waals surface area contributed by atoms with Crippen molar-refractivity contribution < 1.29 is 27.8 Å². The lowest BCUT2D eigenvalue weighted by Gasteiger charge is -2.26. The van der Waals surface area contributed by atoms with Crippen LogP contribution in [-0.4, -0.2) is 37.8 Å². The van der Waals surface area contributed by atoms with Gasteiger partial charge >= 0.3 is 5.97 Å². The van der Waals surface area contributed by atoms with Crippen molar-refractivity contribution in [2.45, 2.75) is 50.2 Å². The van der Waals surface area contributed by atoms with E-state index in [0.29, 0.717) is 23.3 Å². The SMILES string of the molecule is CC(C)(C)OC(C(=O)O)C1=C(c2ccc3c(c2)CCCO3)c2ccccc2S1(=O)=O. The second-order valence-electron chi connectivity index (χ2n) is 8.46. The monoisotopic (exact) mass is 428 g/mol. The van der Waals surface area contributed by atoms with Gasteiger partial charge in [0.15, 0.2) is 6.10 Å². The number of fused-ring (bicyclic) bond motifs is 2. The number of carbonyl (C=O) groups is 1. The van der Waals surface area contributed by atoms with E-state index in [1.807, 2.05) is 12.1 Å². The van der Waals surface area contributed by atoms with Crippen LogP contribution in [0.2, 0.25) is 0 Å². The Balaban J connectivity index is 2.00. The zero-order valence-corrected chi connectivity index (χ0v) is 18.0. The Kier molecular flexibility index (Phi) is 4.98. The van der Waals surface area contributed by atoms with Crippen LogP contribution in [0.5, 0.6) is 5.75 Å². The summed E-state index contributed by atoms with van der Waals surface area (Å²) in [6.07, 6.45) is 0.0769. The molecule has 2 heterocycles. The molecule has 30 heavy (non-hydrogen) atoms. The highest BCUT2D eigenvalue weighted by Crippen LogP contribution is 2.46. The van der Waals surface area contributed by atoms with Crippen LogP contribution in [0.15, 0.2) is 52.3 Å². The van der Waals surface area contributed by atoms with Gasteiger partial charge in [0.25, 0.3) is 0 Å². The topological polar surface area (TPSA) is 89.9 Å². The zero-order chi connectivity index (χ0) is 21.7. The van der Waals surface area contributed by atoms with Crippen molar-refractivity contribution in [2.24, 2.45) is 0 Å². The molecule has 0 radical (unpaired) electrons. The molecule has 0 amide bonds. The van der Waals surface area contributed by atoms with Gasteiger partial charge in [0.05, 0.1) is 22.0 Å². The Hall–Kier alpha value is -2.64. The van der Waals surface area contributed by atoms with Gasteiger partial charge in [-0.15, -0.1) is 0 Å². The smallest absolute Gasteiger partial charge is 0.338 e. The minimum absolute atomic E-state index is 0.104. The van der Waals surface area contributed by atoms with E-state index in [0.717, 1.165) is 24.2 Å². The van der Waals surface area contributed by atoms with Crippen molar-refractivity contribution in [3.8, 4) is 5.75 Å². The van der Waals surface area contributed by atoms with E-state index in [1.54, 1.807) is 45.0 Å². The van der Waals surface area contributed by atoms with Gasteiger partial charge in [0.2, 0.25) is 9.84 Å². The Labute approximate surface area is 176 Å². The van der Waals surface area contributed by atoms with Crippen LogP contribution < -0.4 is 4.74 Å². The lowest BCUT2D eigenvalue weighted by Crippen LogP contribution is -2.36. The van der Waals surface area contributed by atoms with Gasteiger partial charge in [-0.3, -0.25) is 0 Å². The first-order chi connectivity index (χ1) is 14.1. The molecule has 4 rings (SSSR count). The average Bonchev–Trinajstić information content (AvgIpc) is 2.92. The third kappa shape index (κ3) is 3.52. The predicted molar refractivity (Wildman–Crippen MR) is 112 cm³/mol. The molecule has 2 aromatic rings. The minimum atomic E-state index is -4.04. The van der Waals surface area contributed by atoms with Gasteiger partial charge in [0.1, 0.15) is 5.75 Å². The molecule has 6 nitrogen and oxygen atoms in total.